The summed E-state index contributed by atoms with van der Waals surface area (Å²) < 4.78 is 5.29. The summed E-state index contributed by atoms with van der Waals surface area (Å²) in [5, 5.41) is 0. The molecular weight excluding hydrogens is 338 g/mol. The van der Waals surface area contributed by atoms with Gasteiger partial charge in [-0.1, -0.05) is 35.9 Å². The van der Waals surface area contributed by atoms with Crippen LogP contribution in [0.25, 0.3) is 0 Å². The average molecular weight is 365 g/mol. The zero-order chi connectivity index (χ0) is 18.9. The Morgan fingerprint density at radius 2 is 2.07 bits per heavy atom. The number of benzene rings is 1. The lowest BCUT2D eigenvalue weighted by Crippen LogP contribution is -2.37. The van der Waals surface area contributed by atoms with E-state index >= 15 is 0 Å². The first-order valence-corrected chi connectivity index (χ1v) is 10.0. The molecule has 2 heterocycles. The van der Waals surface area contributed by atoms with Gasteiger partial charge in [-0.25, -0.2) is 0 Å². The van der Waals surface area contributed by atoms with Crippen LogP contribution in [-0.2, 0) is 20.7 Å². The molecule has 2 unspecified atom stereocenters. The lowest BCUT2D eigenvalue weighted by atomic mass is 9.65. The van der Waals surface area contributed by atoms with Crippen molar-refractivity contribution in [1.29, 1.82) is 0 Å². The molecule has 0 N–H and O–H groups in total. The number of hydrogen-bond donors (Lipinski definition) is 0. The molecule has 1 aromatic rings. The number of esters is 1. The number of ketones is 1. The van der Waals surface area contributed by atoms with Gasteiger partial charge in [0.05, 0.1) is 12.5 Å². The molecule has 0 amide bonds. The number of allylic oxidation sites excluding steroid dienone is 2. The molecule has 4 heteroatoms. The van der Waals surface area contributed by atoms with Crippen molar-refractivity contribution in [3.8, 4) is 0 Å². The molecule has 0 bridgehead atoms. The summed E-state index contributed by atoms with van der Waals surface area (Å²) in [7, 11) is 0. The van der Waals surface area contributed by atoms with Gasteiger partial charge >= 0.3 is 5.97 Å². The highest BCUT2D eigenvalue weighted by Crippen LogP contribution is 2.52. The van der Waals surface area contributed by atoms with E-state index < -0.39 is 0 Å². The van der Waals surface area contributed by atoms with Gasteiger partial charge in [-0.2, -0.15) is 0 Å². The summed E-state index contributed by atoms with van der Waals surface area (Å²) in [6.07, 6.45) is 8.28. The minimum atomic E-state index is -0.204. The molecule has 1 fully saturated rings. The Morgan fingerprint density at radius 1 is 1.26 bits per heavy atom. The van der Waals surface area contributed by atoms with E-state index in [1.165, 1.54) is 16.8 Å². The van der Waals surface area contributed by atoms with Gasteiger partial charge in [0.1, 0.15) is 0 Å². The van der Waals surface area contributed by atoms with Crippen molar-refractivity contribution in [3.63, 3.8) is 0 Å². The van der Waals surface area contributed by atoms with Crippen LogP contribution >= 0.6 is 0 Å². The van der Waals surface area contributed by atoms with E-state index in [9.17, 15) is 9.59 Å². The Bertz CT molecular complexity index is 795. The van der Waals surface area contributed by atoms with E-state index in [2.05, 4.69) is 35.2 Å². The molecule has 2 aliphatic heterocycles. The van der Waals surface area contributed by atoms with Gasteiger partial charge in [-0.15, -0.1) is 0 Å². The normalized spacial score (nSPS) is 27.2. The third-order valence-electron chi connectivity index (χ3n) is 6.17. The molecule has 27 heavy (non-hydrogen) atoms. The summed E-state index contributed by atoms with van der Waals surface area (Å²) in [5.74, 6) is -0.0994. The van der Waals surface area contributed by atoms with E-state index in [4.69, 9.17) is 4.74 Å². The van der Waals surface area contributed by atoms with Crippen LogP contribution in [0.2, 0.25) is 0 Å². The third kappa shape index (κ3) is 3.33. The Morgan fingerprint density at radius 3 is 2.85 bits per heavy atom. The molecule has 2 atom stereocenters. The molecular formula is C23H27NO3. The van der Waals surface area contributed by atoms with Crippen molar-refractivity contribution < 1.29 is 14.3 Å². The van der Waals surface area contributed by atoms with E-state index in [1.54, 1.807) is 0 Å². The molecule has 0 saturated carbocycles. The van der Waals surface area contributed by atoms with Gasteiger partial charge < -0.3 is 9.64 Å². The van der Waals surface area contributed by atoms with Crippen LogP contribution in [0.3, 0.4) is 0 Å². The van der Waals surface area contributed by atoms with Gasteiger partial charge in [0.25, 0.3) is 0 Å². The molecule has 4 rings (SSSR count). The van der Waals surface area contributed by atoms with Crippen LogP contribution < -0.4 is 0 Å². The molecule has 142 valence electrons. The summed E-state index contributed by atoms with van der Waals surface area (Å²) in [5.41, 5.74) is 3.59. The first-order valence-electron chi connectivity index (χ1n) is 10.0. The van der Waals surface area contributed by atoms with Crippen LogP contribution in [0.1, 0.15) is 38.2 Å². The van der Waals surface area contributed by atoms with Crippen molar-refractivity contribution in [1.82, 2.24) is 4.90 Å². The number of carbonyl (C=O) groups excluding carboxylic acids is 2. The second-order valence-corrected chi connectivity index (χ2v) is 7.84. The highest BCUT2D eigenvalue weighted by Gasteiger charge is 2.47. The molecule has 0 aromatic heterocycles. The highest BCUT2D eigenvalue weighted by molar-refractivity contribution is 5.92. The Kier molecular flexibility index (Phi) is 4.90. The molecule has 1 saturated heterocycles. The first-order chi connectivity index (χ1) is 13.1. The molecule has 3 aliphatic rings. The van der Waals surface area contributed by atoms with Gasteiger partial charge in [-0.05, 0) is 50.3 Å². The predicted octanol–water partition coefficient (Wildman–Crippen LogP) is 3.68. The van der Waals surface area contributed by atoms with Gasteiger partial charge in [0, 0.05) is 30.6 Å². The molecule has 0 spiro atoms. The Balaban J connectivity index is 1.77. The van der Waals surface area contributed by atoms with Gasteiger partial charge in [0.15, 0.2) is 5.78 Å². The number of ether oxygens (including phenoxy) is 1. The third-order valence-corrected chi connectivity index (χ3v) is 6.17. The van der Waals surface area contributed by atoms with Crippen molar-refractivity contribution in [3.05, 3.63) is 59.3 Å². The maximum Gasteiger partial charge on any atom is 0.314 e. The lowest BCUT2D eigenvalue weighted by Gasteiger charge is -2.41. The number of nitrogens with zero attached hydrogens (tertiary/aromatic N) is 1. The fourth-order valence-electron chi connectivity index (χ4n) is 4.95. The number of hydrogen-bond acceptors (Lipinski definition) is 4. The predicted molar refractivity (Wildman–Crippen MR) is 104 cm³/mol. The van der Waals surface area contributed by atoms with Crippen molar-refractivity contribution in [2.45, 2.75) is 39.0 Å². The van der Waals surface area contributed by atoms with E-state index in [0.29, 0.717) is 19.6 Å². The Labute approximate surface area is 160 Å². The van der Waals surface area contributed by atoms with Crippen LogP contribution in [0.15, 0.2) is 53.8 Å². The quantitative estimate of drug-likeness (QED) is 0.764. The van der Waals surface area contributed by atoms with Crippen molar-refractivity contribution >= 4 is 11.8 Å². The SMILES string of the molecule is CCOC(=O)C1C=C2N(CCCC3=CC(=O)CCC32Cc2ccccc2)C1. The molecule has 4 nitrogen and oxygen atoms in total. The largest absolute Gasteiger partial charge is 0.465 e. The average Bonchev–Trinajstić information content (AvgIpc) is 3.04. The number of fused-ring (bicyclic) bond motifs is 3. The van der Waals surface area contributed by atoms with Crippen LogP contribution in [0.5, 0.6) is 0 Å². The zero-order valence-electron chi connectivity index (χ0n) is 15.9. The zero-order valence-corrected chi connectivity index (χ0v) is 15.9. The van der Waals surface area contributed by atoms with E-state index in [-0.39, 0.29) is 23.1 Å². The minimum Gasteiger partial charge on any atom is -0.465 e. The number of rotatable bonds is 4. The number of carbonyl (C=O) groups is 2. The van der Waals surface area contributed by atoms with Crippen LogP contribution in [-0.4, -0.2) is 36.3 Å². The van der Waals surface area contributed by atoms with Gasteiger partial charge in [-0.3, -0.25) is 9.59 Å². The van der Waals surface area contributed by atoms with Gasteiger partial charge in [0.2, 0.25) is 0 Å². The fraction of sp³-hybridized carbons (Fsp3) is 0.478. The molecule has 0 radical (unpaired) electrons. The topological polar surface area (TPSA) is 46.6 Å². The first kappa shape index (κ1) is 18.0. The lowest BCUT2D eigenvalue weighted by molar-refractivity contribution is -0.146. The standard InChI is InChI=1S/C23H27NO3/c1-2-27-22(26)18-13-21-23(15-17-7-4-3-5-8-17)11-10-20(25)14-19(23)9-6-12-24(21)16-18/h3-5,7-8,13-14,18H,2,6,9-12,15-16H2,1H3. The monoisotopic (exact) mass is 365 g/mol. The minimum absolute atomic E-state index is 0.134. The van der Waals surface area contributed by atoms with Crippen molar-refractivity contribution in [2.24, 2.45) is 11.3 Å². The van der Waals surface area contributed by atoms with Crippen LogP contribution in [0, 0.1) is 11.3 Å². The summed E-state index contributed by atoms with van der Waals surface area (Å²) >= 11 is 0. The second-order valence-electron chi connectivity index (χ2n) is 7.84. The molecule has 1 aliphatic carbocycles. The fourth-order valence-corrected chi connectivity index (χ4v) is 4.95. The van der Waals surface area contributed by atoms with Crippen molar-refractivity contribution in [2.75, 3.05) is 19.7 Å². The Hall–Kier alpha value is -2.36. The maximum atomic E-state index is 12.4. The second kappa shape index (κ2) is 7.34. The van der Waals surface area contributed by atoms with E-state index in [1.807, 2.05) is 19.1 Å². The summed E-state index contributed by atoms with van der Waals surface area (Å²) in [4.78, 5) is 27.0. The van der Waals surface area contributed by atoms with E-state index in [0.717, 1.165) is 32.2 Å². The van der Waals surface area contributed by atoms with Crippen LogP contribution in [0.4, 0.5) is 0 Å². The summed E-state index contributed by atoms with van der Waals surface area (Å²) in [6.45, 7) is 3.89. The summed E-state index contributed by atoms with van der Waals surface area (Å²) in [6, 6.07) is 10.5. The maximum absolute atomic E-state index is 12.4. The highest BCUT2D eigenvalue weighted by atomic mass is 16.5. The molecule has 1 aromatic carbocycles. The smallest absolute Gasteiger partial charge is 0.314 e.